The maximum Gasteiger partial charge on any atom is 0.335 e. The number of sulfonamides is 1. The standard InChI is InChI=1S/C18H19N3O6S/c1-27-16-5-3-4-15(10-16)21(28(2,25)26)12-17(22)20-19-11-13-6-8-14(9-7-13)18(23)24/h3-11H,12H2,1-2H3,(H,20,22)(H,23,24)/b19-11-. The van der Waals surface area contributed by atoms with Gasteiger partial charge in [-0.15, -0.1) is 0 Å². The molecule has 2 rings (SSSR count). The van der Waals surface area contributed by atoms with Crippen molar-refractivity contribution in [2.24, 2.45) is 5.10 Å². The maximum absolute atomic E-state index is 12.1. The molecule has 148 valence electrons. The van der Waals surface area contributed by atoms with E-state index in [1.165, 1.54) is 43.7 Å². The summed E-state index contributed by atoms with van der Waals surface area (Å²) in [5.74, 6) is -1.24. The number of hydrogen-bond acceptors (Lipinski definition) is 6. The van der Waals surface area contributed by atoms with Gasteiger partial charge >= 0.3 is 5.97 Å². The van der Waals surface area contributed by atoms with Crippen molar-refractivity contribution in [2.45, 2.75) is 0 Å². The number of rotatable bonds is 8. The third kappa shape index (κ3) is 5.81. The van der Waals surface area contributed by atoms with E-state index in [-0.39, 0.29) is 11.3 Å². The summed E-state index contributed by atoms with van der Waals surface area (Å²) < 4.78 is 30.1. The van der Waals surface area contributed by atoms with Gasteiger partial charge in [-0.1, -0.05) is 18.2 Å². The van der Waals surface area contributed by atoms with Crippen molar-refractivity contribution < 1.29 is 27.9 Å². The van der Waals surface area contributed by atoms with Crippen LogP contribution in [0.5, 0.6) is 5.75 Å². The summed E-state index contributed by atoms with van der Waals surface area (Å²) in [5, 5.41) is 12.6. The van der Waals surface area contributed by atoms with E-state index in [1.807, 2.05) is 0 Å². The van der Waals surface area contributed by atoms with Gasteiger partial charge in [0.25, 0.3) is 5.91 Å². The molecule has 0 aliphatic rings. The molecule has 0 heterocycles. The molecule has 0 fully saturated rings. The molecule has 0 unspecified atom stereocenters. The average Bonchev–Trinajstić information content (AvgIpc) is 2.65. The second kappa shape index (κ2) is 9.00. The summed E-state index contributed by atoms with van der Waals surface area (Å²) in [6.45, 7) is -0.471. The number of hydrogen-bond donors (Lipinski definition) is 2. The lowest BCUT2D eigenvalue weighted by Gasteiger charge is -2.21. The molecule has 0 aliphatic heterocycles. The number of aromatic carboxylic acids is 1. The number of amides is 1. The quantitative estimate of drug-likeness (QED) is 0.504. The Hall–Kier alpha value is -3.40. The second-order valence-corrected chi connectivity index (χ2v) is 7.60. The van der Waals surface area contributed by atoms with Crippen LogP contribution in [0.3, 0.4) is 0 Å². The van der Waals surface area contributed by atoms with E-state index in [1.54, 1.807) is 18.2 Å². The summed E-state index contributed by atoms with van der Waals surface area (Å²) in [6.07, 6.45) is 2.31. The molecule has 1 amide bonds. The molecular formula is C18H19N3O6S. The van der Waals surface area contributed by atoms with E-state index in [0.29, 0.717) is 11.3 Å². The summed E-state index contributed by atoms with van der Waals surface area (Å²) in [6, 6.07) is 12.2. The number of carboxylic acid groups (broad SMARTS) is 1. The first-order valence-electron chi connectivity index (χ1n) is 7.97. The Morgan fingerprint density at radius 3 is 2.46 bits per heavy atom. The minimum absolute atomic E-state index is 0.128. The molecule has 2 aromatic rings. The molecule has 2 aromatic carbocycles. The van der Waals surface area contributed by atoms with Crippen LogP contribution in [0, 0.1) is 0 Å². The number of ether oxygens (including phenoxy) is 1. The third-order valence-electron chi connectivity index (χ3n) is 3.59. The molecule has 0 aliphatic carbocycles. The number of carbonyl (C=O) groups excluding carboxylic acids is 1. The van der Waals surface area contributed by atoms with Crippen LogP contribution in [-0.4, -0.2) is 51.5 Å². The predicted molar refractivity (Wildman–Crippen MR) is 104 cm³/mol. The van der Waals surface area contributed by atoms with Crippen molar-refractivity contribution in [1.82, 2.24) is 5.43 Å². The first-order valence-corrected chi connectivity index (χ1v) is 9.82. The maximum atomic E-state index is 12.1. The highest BCUT2D eigenvalue weighted by atomic mass is 32.2. The number of methoxy groups -OCH3 is 1. The van der Waals surface area contributed by atoms with Crippen LogP contribution in [-0.2, 0) is 14.8 Å². The van der Waals surface area contributed by atoms with Crippen LogP contribution in [0.4, 0.5) is 5.69 Å². The Kier molecular flexibility index (Phi) is 6.72. The van der Waals surface area contributed by atoms with Crippen LogP contribution >= 0.6 is 0 Å². The van der Waals surface area contributed by atoms with Gasteiger partial charge in [0.05, 0.1) is 30.8 Å². The third-order valence-corrected chi connectivity index (χ3v) is 4.73. The van der Waals surface area contributed by atoms with E-state index < -0.39 is 28.4 Å². The number of hydrazone groups is 1. The van der Waals surface area contributed by atoms with Crippen molar-refractivity contribution in [2.75, 3.05) is 24.2 Å². The molecule has 0 atom stereocenters. The van der Waals surface area contributed by atoms with Crippen molar-refractivity contribution in [3.63, 3.8) is 0 Å². The number of anilines is 1. The van der Waals surface area contributed by atoms with Gasteiger partial charge in [-0.25, -0.2) is 18.6 Å². The minimum atomic E-state index is -3.72. The normalized spacial score (nSPS) is 11.2. The lowest BCUT2D eigenvalue weighted by Crippen LogP contribution is -2.39. The van der Waals surface area contributed by atoms with Gasteiger partial charge < -0.3 is 9.84 Å². The van der Waals surface area contributed by atoms with E-state index in [9.17, 15) is 18.0 Å². The summed E-state index contributed by atoms with van der Waals surface area (Å²) in [7, 11) is -2.27. The Morgan fingerprint density at radius 2 is 1.89 bits per heavy atom. The summed E-state index contributed by atoms with van der Waals surface area (Å²) in [5.41, 5.74) is 3.22. The van der Waals surface area contributed by atoms with Crippen LogP contribution in [0.1, 0.15) is 15.9 Å². The molecular weight excluding hydrogens is 386 g/mol. The molecule has 9 nitrogen and oxygen atoms in total. The first kappa shape index (κ1) is 20.9. The fourth-order valence-electron chi connectivity index (χ4n) is 2.22. The Balaban J connectivity index is 2.06. The van der Waals surface area contributed by atoms with E-state index in [0.717, 1.165) is 10.6 Å². The fraction of sp³-hybridized carbons (Fsp3) is 0.167. The molecule has 0 radical (unpaired) electrons. The zero-order chi connectivity index (χ0) is 20.7. The Labute approximate surface area is 162 Å². The van der Waals surface area contributed by atoms with E-state index in [2.05, 4.69) is 10.5 Å². The van der Waals surface area contributed by atoms with Gasteiger partial charge in [-0.3, -0.25) is 9.10 Å². The Morgan fingerprint density at radius 1 is 1.21 bits per heavy atom. The minimum Gasteiger partial charge on any atom is -0.497 e. The summed E-state index contributed by atoms with van der Waals surface area (Å²) >= 11 is 0. The zero-order valence-electron chi connectivity index (χ0n) is 15.2. The highest BCUT2D eigenvalue weighted by molar-refractivity contribution is 7.92. The zero-order valence-corrected chi connectivity index (χ0v) is 16.0. The topological polar surface area (TPSA) is 125 Å². The van der Waals surface area contributed by atoms with Crippen molar-refractivity contribution >= 4 is 33.8 Å². The van der Waals surface area contributed by atoms with Gasteiger partial charge in [0, 0.05) is 6.07 Å². The molecule has 28 heavy (non-hydrogen) atoms. The van der Waals surface area contributed by atoms with E-state index >= 15 is 0 Å². The van der Waals surface area contributed by atoms with Crippen molar-refractivity contribution in [3.05, 3.63) is 59.7 Å². The van der Waals surface area contributed by atoms with Crippen molar-refractivity contribution in [1.29, 1.82) is 0 Å². The smallest absolute Gasteiger partial charge is 0.335 e. The monoisotopic (exact) mass is 405 g/mol. The van der Waals surface area contributed by atoms with Crippen molar-refractivity contribution in [3.8, 4) is 5.75 Å². The number of nitrogens with zero attached hydrogens (tertiary/aromatic N) is 2. The van der Waals surface area contributed by atoms with Gasteiger partial charge in [0.1, 0.15) is 12.3 Å². The predicted octanol–water partition coefficient (Wildman–Crippen LogP) is 1.31. The molecule has 0 bridgehead atoms. The number of benzene rings is 2. The SMILES string of the molecule is COc1cccc(N(CC(=O)N/N=C\c2ccc(C(=O)O)cc2)S(C)(=O)=O)c1. The van der Waals surface area contributed by atoms with Gasteiger partial charge in [0.2, 0.25) is 10.0 Å². The van der Waals surface area contributed by atoms with Crippen LogP contribution < -0.4 is 14.5 Å². The lowest BCUT2D eigenvalue weighted by molar-refractivity contribution is -0.119. The molecule has 0 aromatic heterocycles. The van der Waals surface area contributed by atoms with Crippen LogP contribution in [0.25, 0.3) is 0 Å². The molecule has 10 heteroatoms. The highest BCUT2D eigenvalue weighted by Gasteiger charge is 2.21. The van der Waals surface area contributed by atoms with Crippen LogP contribution in [0.15, 0.2) is 53.6 Å². The fourth-order valence-corrected chi connectivity index (χ4v) is 3.07. The molecule has 2 N–H and O–H groups in total. The molecule has 0 saturated carbocycles. The average molecular weight is 405 g/mol. The molecule has 0 saturated heterocycles. The van der Waals surface area contributed by atoms with Gasteiger partial charge in [-0.2, -0.15) is 5.10 Å². The number of nitrogens with one attached hydrogen (secondary N) is 1. The number of carboxylic acids is 1. The molecule has 0 spiro atoms. The first-order chi connectivity index (χ1) is 13.2. The lowest BCUT2D eigenvalue weighted by atomic mass is 10.1. The highest BCUT2D eigenvalue weighted by Crippen LogP contribution is 2.22. The Bertz CT molecular complexity index is 987. The number of carbonyl (C=O) groups is 2. The van der Waals surface area contributed by atoms with Crippen LogP contribution in [0.2, 0.25) is 0 Å². The van der Waals surface area contributed by atoms with E-state index in [4.69, 9.17) is 9.84 Å². The largest absolute Gasteiger partial charge is 0.497 e. The summed E-state index contributed by atoms with van der Waals surface area (Å²) in [4.78, 5) is 22.9. The van der Waals surface area contributed by atoms with Gasteiger partial charge in [-0.05, 0) is 29.8 Å². The van der Waals surface area contributed by atoms with Gasteiger partial charge in [0.15, 0.2) is 0 Å². The second-order valence-electron chi connectivity index (χ2n) is 5.69.